The maximum Gasteiger partial charge on any atom is 0.422 e. The summed E-state index contributed by atoms with van der Waals surface area (Å²) >= 11 is 0. The molecule has 1 heterocycles. The van der Waals surface area contributed by atoms with Crippen LogP contribution in [-0.2, 0) is 6.42 Å². The number of rotatable bonds is 4. The van der Waals surface area contributed by atoms with Crippen molar-refractivity contribution in [2.75, 3.05) is 19.9 Å². The number of benzene rings is 1. The van der Waals surface area contributed by atoms with Crippen molar-refractivity contribution < 1.29 is 27.4 Å². The summed E-state index contributed by atoms with van der Waals surface area (Å²) in [7, 11) is 0. The zero-order valence-electron chi connectivity index (χ0n) is 9.42. The first-order valence-corrected chi connectivity index (χ1v) is 5.32. The van der Waals surface area contributed by atoms with Crippen LogP contribution in [-0.4, -0.2) is 26.1 Å². The van der Waals surface area contributed by atoms with Gasteiger partial charge in [0.15, 0.2) is 18.1 Å². The average Bonchev–Trinajstić information content (AvgIpc) is 2.72. The van der Waals surface area contributed by atoms with Gasteiger partial charge < -0.3 is 19.9 Å². The Kier molecular flexibility index (Phi) is 3.51. The van der Waals surface area contributed by atoms with Gasteiger partial charge in [0.2, 0.25) is 6.79 Å². The van der Waals surface area contributed by atoms with Gasteiger partial charge in [-0.2, -0.15) is 13.2 Å². The number of halogens is 3. The molecule has 1 aromatic carbocycles. The molecule has 18 heavy (non-hydrogen) atoms. The summed E-state index contributed by atoms with van der Waals surface area (Å²) in [6.07, 6.45) is -3.97. The molecule has 0 unspecified atom stereocenters. The highest BCUT2D eigenvalue weighted by Crippen LogP contribution is 2.38. The van der Waals surface area contributed by atoms with Gasteiger partial charge in [-0.05, 0) is 24.6 Å². The normalized spacial score (nSPS) is 13.8. The van der Waals surface area contributed by atoms with E-state index in [1.165, 1.54) is 6.07 Å². The van der Waals surface area contributed by atoms with E-state index in [9.17, 15) is 13.2 Å². The molecule has 0 bridgehead atoms. The van der Waals surface area contributed by atoms with E-state index in [4.69, 9.17) is 19.9 Å². The first-order chi connectivity index (χ1) is 8.49. The lowest BCUT2D eigenvalue weighted by atomic mass is 10.1. The molecule has 7 heteroatoms. The van der Waals surface area contributed by atoms with E-state index in [1.807, 2.05) is 0 Å². The number of hydrogen-bond donors (Lipinski definition) is 1. The first kappa shape index (κ1) is 12.8. The molecule has 0 radical (unpaired) electrons. The Morgan fingerprint density at radius 2 is 1.89 bits per heavy atom. The quantitative estimate of drug-likeness (QED) is 0.900. The number of hydrogen-bond acceptors (Lipinski definition) is 4. The molecule has 100 valence electrons. The van der Waals surface area contributed by atoms with Crippen LogP contribution in [0.4, 0.5) is 13.2 Å². The summed E-state index contributed by atoms with van der Waals surface area (Å²) in [4.78, 5) is 0. The molecule has 4 nitrogen and oxygen atoms in total. The third kappa shape index (κ3) is 2.98. The standard InChI is InChI=1S/C11H12F3NO3/c12-11(13,14)5-16-8-4-10-9(17-6-18-10)3-7(8)1-2-15/h3-4H,1-2,5-6,15H2. The van der Waals surface area contributed by atoms with Crippen molar-refractivity contribution in [3.8, 4) is 17.2 Å². The molecule has 1 aliphatic heterocycles. The van der Waals surface area contributed by atoms with Crippen LogP contribution in [0.15, 0.2) is 12.1 Å². The van der Waals surface area contributed by atoms with E-state index < -0.39 is 12.8 Å². The Hall–Kier alpha value is -1.63. The smallest absolute Gasteiger partial charge is 0.422 e. The van der Waals surface area contributed by atoms with Crippen molar-refractivity contribution in [3.05, 3.63) is 17.7 Å². The second kappa shape index (κ2) is 4.93. The van der Waals surface area contributed by atoms with Gasteiger partial charge in [-0.25, -0.2) is 0 Å². The van der Waals surface area contributed by atoms with E-state index >= 15 is 0 Å². The number of nitrogens with two attached hydrogens (primary N) is 1. The predicted molar refractivity (Wildman–Crippen MR) is 56.9 cm³/mol. The number of alkyl halides is 3. The summed E-state index contributed by atoms with van der Waals surface area (Å²) in [5.41, 5.74) is 5.98. The minimum Gasteiger partial charge on any atom is -0.484 e. The largest absolute Gasteiger partial charge is 0.484 e. The molecule has 2 N–H and O–H groups in total. The van der Waals surface area contributed by atoms with Crippen molar-refractivity contribution in [2.24, 2.45) is 5.73 Å². The molecule has 0 spiro atoms. The highest BCUT2D eigenvalue weighted by atomic mass is 19.4. The average molecular weight is 263 g/mol. The van der Waals surface area contributed by atoms with Gasteiger partial charge in [0, 0.05) is 6.07 Å². The Balaban J connectivity index is 2.21. The summed E-state index contributed by atoms with van der Waals surface area (Å²) < 4.78 is 51.4. The molecule has 0 fully saturated rings. The van der Waals surface area contributed by atoms with Crippen molar-refractivity contribution >= 4 is 0 Å². The third-order valence-electron chi connectivity index (χ3n) is 2.36. The number of ether oxygens (including phenoxy) is 3. The molecule has 0 atom stereocenters. The molecule has 1 aromatic rings. The van der Waals surface area contributed by atoms with E-state index in [2.05, 4.69) is 0 Å². The Morgan fingerprint density at radius 1 is 1.22 bits per heavy atom. The minimum absolute atomic E-state index is 0.0557. The Morgan fingerprint density at radius 3 is 2.50 bits per heavy atom. The lowest BCUT2D eigenvalue weighted by Crippen LogP contribution is -2.20. The Bertz CT molecular complexity index is 434. The second-order valence-corrected chi connectivity index (χ2v) is 3.76. The lowest BCUT2D eigenvalue weighted by molar-refractivity contribution is -0.153. The fraction of sp³-hybridized carbons (Fsp3) is 0.455. The van der Waals surface area contributed by atoms with Crippen molar-refractivity contribution in [3.63, 3.8) is 0 Å². The topological polar surface area (TPSA) is 53.7 Å². The van der Waals surface area contributed by atoms with Gasteiger partial charge in [-0.1, -0.05) is 0 Å². The van der Waals surface area contributed by atoms with E-state index in [0.717, 1.165) is 0 Å². The van der Waals surface area contributed by atoms with Crippen LogP contribution in [0, 0.1) is 0 Å². The molecule has 2 rings (SSSR count). The maximum absolute atomic E-state index is 12.1. The fourth-order valence-corrected chi connectivity index (χ4v) is 1.61. The molecule has 1 aliphatic rings. The number of fused-ring (bicyclic) bond motifs is 1. The molecule has 0 saturated heterocycles. The van der Waals surface area contributed by atoms with Crippen LogP contribution in [0.25, 0.3) is 0 Å². The monoisotopic (exact) mass is 263 g/mol. The van der Waals surface area contributed by atoms with E-state index in [1.54, 1.807) is 6.07 Å². The zero-order valence-corrected chi connectivity index (χ0v) is 9.42. The van der Waals surface area contributed by atoms with Gasteiger partial charge in [0.05, 0.1) is 0 Å². The summed E-state index contributed by atoms with van der Waals surface area (Å²) in [5.74, 6) is 1.01. The van der Waals surface area contributed by atoms with Crippen LogP contribution in [0.5, 0.6) is 17.2 Å². The van der Waals surface area contributed by atoms with E-state index in [0.29, 0.717) is 30.0 Å². The highest BCUT2D eigenvalue weighted by molar-refractivity contribution is 5.52. The molecular formula is C11H12F3NO3. The third-order valence-corrected chi connectivity index (χ3v) is 2.36. The zero-order chi connectivity index (χ0) is 13.2. The van der Waals surface area contributed by atoms with Crippen molar-refractivity contribution in [1.29, 1.82) is 0 Å². The van der Waals surface area contributed by atoms with Crippen LogP contribution >= 0.6 is 0 Å². The molecule has 0 amide bonds. The minimum atomic E-state index is -4.38. The van der Waals surface area contributed by atoms with Crippen molar-refractivity contribution in [2.45, 2.75) is 12.6 Å². The second-order valence-electron chi connectivity index (χ2n) is 3.76. The van der Waals surface area contributed by atoms with Crippen molar-refractivity contribution in [1.82, 2.24) is 0 Å². The first-order valence-electron chi connectivity index (χ1n) is 5.32. The van der Waals surface area contributed by atoms with E-state index in [-0.39, 0.29) is 12.5 Å². The van der Waals surface area contributed by atoms with Crippen LogP contribution in [0.2, 0.25) is 0 Å². The van der Waals surface area contributed by atoms with Gasteiger partial charge in [-0.3, -0.25) is 0 Å². The lowest BCUT2D eigenvalue weighted by Gasteiger charge is -2.13. The van der Waals surface area contributed by atoms with Gasteiger partial charge in [0.1, 0.15) is 5.75 Å². The highest BCUT2D eigenvalue weighted by Gasteiger charge is 2.29. The molecule has 0 aliphatic carbocycles. The van der Waals surface area contributed by atoms with Gasteiger partial charge in [-0.15, -0.1) is 0 Å². The maximum atomic E-state index is 12.1. The fourth-order valence-electron chi connectivity index (χ4n) is 1.61. The Labute approximate surface area is 101 Å². The predicted octanol–water partition coefficient (Wildman–Crippen LogP) is 1.86. The van der Waals surface area contributed by atoms with Crippen LogP contribution < -0.4 is 19.9 Å². The van der Waals surface area contributed by atoms with Gasteiger partial charge in [0.25, 0.3) is 0 Å². The molecule has 0 saturated carbocycles. The SMILES string of the molecule is NCCc1cc2c(cc1OCC(F)(F)F)OCO2. The van der Waals surface area contributed by atoms with Crippen LogP contribution in [0.3, 0.4) is 0 Å². The molecule has 0 aromatic heterocycles. The summed E-state index contributed by atoms with van der Waals surface area (Å²) in [6, 6.07) is 3.00. The summed E-state index contributed by atoms with van der Waals surface area (Å²) in [6.45, 7) is -0.980. The van der Waals surface area contributed by atoms with Crippen LogP contribution in [0.1, 0.15) is 5.56 Å². The molecular weight excluding hydrogens is 251 g/mol. The summed E-state index contributed by atoms with van der Waals surface area (Å²) in [5, 5.41) is 0. The van der Waals surface area contributed by atoms with Gasteiger partial charge >= 0.3 is 6.18 Å².